The van der Waals surface area contributed by atoms with E-state index in [4.69, 9.17) is 4.42 Å². The Labute approximate surface area is 165 Å². The van der Waals surface area contributed by atoms with Crippen molar-refractivity contribution in [2.24, 2.45) is 0 Å². The maximum atomic E-state index is 12.8. The molecular weight excluding hydrogens is 380 g/mol. The predicted molar refractivity (Wildman–Crippen MR) is 97.1 cm³/mol. The van der Waals surface area contributed by atoms with Crippen LogP contribution in [0, 0.1) is 0 Å². The van der Waals surface area contributed by atoms with Crippen LogP contribution in [0.5, 0.6) is 0 Å². The number of halogens is 2. The molecule has 0 spiro atoms. The average Bonchev–Trinajstić information content (AvgIpc) is 3.44. The first-order chi connectivity index (χ1) is 14.1. The summed E-state index contributed by atoms with van der Waals surface area (Å²) in [6.07, 6.45) is 4.48. The van der Waals surface area contributed by atoms with E-state index < -0.39 is 12.3 Å². The lowest BCUT2D eigenvalue weighted by Crippen LogP contribution is -2.55. The van der Waals surface area contributed by atoms with Crippen LogP contribution in [0.25, 0.3) is 17.2 Å². The van der Waals surface area contributed by atoms with E-state index in [-0.39, 0.29) is 17.8 Å². The number of pyridine rings is 1. The summed E-state index contributed by atoms with van der Waals surface area (Å²) >= 11 is 0. The number of carbonyl (C=O) groups excluding carboxylic acids is 1. The van der Waals surface area contributed by atoms with Crippen LogP contribution in [-0.2, 0) is 11.3 Å². The average molecular weight is 399 g/mol. The van der Waals surface area contributed by atoms with Crippen LogP contribution < -0.4 is 0 Å². The number of amides is 1. The summed E-state index contributed by atoms with van der Waals surface area (Å²) in [5.74, 6) is -0.454. The highest BCUT2D eigenvalue weighted by molar-refractivity contribution is 5.88. The summed E-state index contributed by atoms with van der Waals surface area (Å²) in [4.78, 5) is 21.7. The molecule has 2 aromatic rings. The minimum atomic E-state index is -2.81. The molecule has 0 radical (unpaired) electrons. The Bertz CT molecular complexity index is 1050. The van der Waals surface area contributed by atoms with Crippen molar-refractivity contribution in [3.63, 3.8) is 0 Å². The molecule has 0 unspecified atom stereocenters. The first-order valence-electron chi connectivity index (χ1n) is 10.0. The quantitative estimate of drug-likeness (QED) is 0.770. The summed E-state index contributed by atoms with van der Waals surface area (Å²) in [5.41, 5.74) is 4.54. The molecule has 1 aliphatic carbocycles. The number of carbonyl (C=O) groups is 1. The number of aromatic nitrogens is 3. The Morgan fingerprint density at radius 1 is 1.14 bits per heavy atom. The first-order valence-corrected chi connectivity index (χ1v) is 10.0. The zero-order valence-electron chi connectivity index (χ0n) is 15.6. The number of rotatable bonds is 2. The summed E-state index contributed by atoms with van der Waals surface area (Å²) in [7, 11) is 0. The van der Waals surface area contributed by atoms with Crippen molar-refractivity contribution in [1.82, 2.24) is 25.0 Å². The van der Waals surface area contributed by atoms with Gasteiger partial charge in [0, 0.05) is 23.9 Å². The van der Waals surface area contributed by atoms with Gasteiger partial charge >= 0.3 is 6.43 Å². The molecule has 2 fully saturated rings. The highest BCUT2D eigenvalue weighted by atomic mass is 19.3. The molecule has 2 atom stereocenters. The zero-order chi connectivity index (χ0) is 19.7. The second kappa shape index (κ2) is 6.08. The van der Waals surface area contributed by atoms with Crippen molar-refractivity contribution < 1.29 is 18.0 Å². The number of allylic oxidation sites excluding steroid dienone is 1. The van der Waals surface area contributed by atoms with Gasteiger partial charge in [0.25, 0.3) is 5.89 Å². The van der Waals surface area contributed by atoms with Gasteiger partial charge in [0.05, 0.1) is 35.6 Å². The normalized spacial score (nSPS) is 25.4. The minimum Gasteiger partial charge on any atom is -0.415 e. The molecule has 29 heavy (non-hydrogen) atoms. The van der Waals surface area contributed by atoms with Crippen molar-refractivity contribution in [3.05, 3.63) is 35.1 Å². The molecule has 0 bridgehead atoms. The Morgan fingerprint density at radius 3 is 2.76 bits per heavy atom. The topological polar surface area (TPSA) is 75.4 Å². The lowest BCUT2D eigenvalue weighted by molar-refractivity contribution is -0.130. The third kappa shape index (κ3) is 2.39. The van der Waals surface area contributed by atoms with Gasteiger partial charge in [-0.2, -0.15) is 8.78 Å². The fourth-order valence-electron chi connectivity index (χ4n) is 5.37. The van der Waals surface area contributed by atoms with E-state index in [0.29, 0.717) is 24.6 Å². The summed E-state index contributed by atoms with van der Waals surface area (Å²) in [6, 6.07) is 2.43. The number of alkyl halides is 2. The molecule has 7 nitrogen and oxygen atoms in total. The fraction of sp³-hybridized carbons (Fsp3) is 0.500. The van der Waals surface area contributed by atoms with Gasteiger partial charge in [-0.1, -0.05) is 12.8 Å². The first kappa shape index (κ1) is 17.1. The lowest BCUT2D eigenvalue weighted by Gasteiger charge is -2.48. The molecule has 0 N–H and O–H groups in total. The molecule has 3 aliphatic heterocycles. The van der Waals surface area contributed by atoms with Crippen LogP contribution in [0.15, 0.2) is 22.4 Å². The molecule has 1 saturated heterocycles. The SMILES string of the molecule is O=C1CCC2=C3c4cc(-c5nnc(C(F)F)o5)cnc4CN3[C@@H]3CCCC[C@H]3N12. The van der Waals surface area contributed by atoms with Crippen molar-refractivity contribution in [2.75, 3.05) is 0 Å². The monoisotopic (exact) mass is 399 g/mol. The van der Waals surface area contributed by atoms with Crippen molar-refractivity contribution in [1.29, 1.82) is 0 Å². The van der Waals surface area contributed by atoms with E-state index in [0.717, 1.165) is 54.8 Å². The van der Waals surface area contributed by atoms with Gasteiger partial charge in [-0.05, 0) is 25.3 Å². The number of nitrogens with zero attached hydrogens (tertiary/aromatic N) is 5. The van der Waals surface area contributed by atoms with E-state index >= 15 is 0 Å². The summed E-state index contributed by atoms with van der Waals surface area (Å²) in [6.45, 7) is 0.712. The Morgan fingerprint density at radius 2 is 1.97 bits per heavy atom. The van der Waals surface area contributed by atoms with Gasteiger partial charge in [-0.15, -0.1) is 10.2 Å². The van der Waals surface area contributed by atoms with E-state index in [1.165, 1.54) is 0 Å². The largest absolute Gasteiger partial charge is 0.415 e. The van der Waals surface area contributed by atoms with Crippen LogP contribution in [-0.4, -0.2) is 43.0 Å². The third-order valence-corrected chi connectivity index (χ3v) is 6.54. The molecule has 1 amide bonds. The lowest BCUT2D eigenvalue weighted by atomic mass is 9.86. The minimum absolute atomic E-state index is 0.0327. The fourth-order valence-corrected chi connectivity index (χ4v) is 5.37. The Kier molecular flexibility index (Phi) is 3.57. The molecule has 1 saturated carbocycles. The highest BCUT2D eigenvalue weighted by Crippen LogP contribution is 2.49. The molecule has 0 aromatic carbocycles. The molecular formula is C20H19F2N5O2. The van der Waals surface area contributed by atoms with Crippen LogP contribution in [0.1, 0.15) is 62.1 Å². The van der Waals surface area contributed by atoms with Crippen LogP contribution >= 0.6 is 0 Å². The van der Waals surface area contributed by atoms with Gasteiger partial charge in [0.2, 0.25) is 11.8 Å². The molecule has 2 aromatic heterocycles. The molecule has 4 aliphatic rings. The summed E-state index contributed by atoms with van der Waals surface area (Å²) in [5, 5.41) is 7.16. The second-order valence-electron chi connectivity index (χ2n) is 8.07. The number of hydrogen-bond acceptors (Lipinski definition) is 6. The van der Waals surface area contributed by atoms with E-state index in [9.17, 15) is 13.6 Å². The van der Waals surface area contributed by atoms with E-state index in [1.54, 1.807) is 6.20 Å². The van der Waals surface area contributed by atoms with Gasteiger partial charge in [0.1, 0.15) is 0 Å². The van der Waals surface area contributed by atoms with Crippen molar-refractivity contribution in [3.8, 4) is 11.5 Å². The van der Waals surface area contributed by atoms with Gasteiger partial charge in [-0.25, -0.2) is 0 Å². The Balaban J connectivity index is 1.47. The molecule has 6 rings (SSSR count). The van der Waals surface area contributed by atoms with Gasteiger partial charge < -0.3 is 14.2 Å². The third-order valence-electron chi connectivity index (χ3n) is 6.54. The maximum absolute atomic E-state index is 12.8. The van der Waals surface area contributed by atoms with Gasteiger partial charge in [-0.3, -0.25) is 9.78 Å². The van der Waals surface area contributed by atoms with Crippen LogP contribution in [0.3, 0.4) is 0 Å². The second-order valence-corrected chi connectivity index (χ2v) is 8.07. The maximum Gasteiger partial charge on any atom is 0.314 e. The highest BCUT2D eigenvalue weighted by Gasteiger charge is 2.49. The van der Waals surface area contributed by atoms with E-state index in [2.05, 4.69) is 20.1 Å². The smallest absolute Gasteiger partial charge is 0.314 e. The van der Waals surface area contributed by atoms with Crippen molar-refractivity contribution >= 4 is 11.6 Å². The number of hydrogen-bond donors (Lipinski definition) is 0. The van der Waals surface area contributed by atoms with Gasteiger partial charge in [0.15, 0.2) is 0 Å². The van der Waals surface area contributed by atoms with E-state index in [1.807, 2.05) is 11.0 Å². The zero-order valence-corrected chi connectivity index (χ0v) is 15.6. The van der Waals surface area contributed by atoms with Crippen LogP contribution in [0.4, 0.5) is 8.78 Å². The Hall–Kier alpha value is -2.84. The standard InChI is InChI=1S/C20H19F2N5O2/c21-18(22)20-25-24-19(29-20)10-7-11-12(23-8-10)9-26-13-3-1-2-4-14(13)27-15(17(11)26)5-6-16(27)28/h7-8,13-14,18H,1-6,9H2/t13-,14-/m1/s1. The predicted octanol–water partition coefficient (Wildman–Crippen LogP) is 3.50. The molecule has 150 valence electrons. The summed E-state index contributed by atoms with van der Waals surface area (Å²) < 4.78 is 30.7. The molecule has 5 heterocycles. The van der Waals surface area contributed by atoms with Crippen LogP contribution in [0.2, 0.25) is 0 Å². The molecule has 9 heteroatoms. The van der Waals surface area contributed by atoms with Crippen molar-refractivity contribution in [2.45, 2.75) is 63.6 Å². The number of fused-ring (bicyclic) bond motifs is 7.